The number of rotatable bonds is 4. The molecule has 0 aliphatic carbocycles. The number of furan rings is 1. The molecular formula is C48H30O. The molecule has 1 nitrogen and oxygen atoms in total. The predicted molar refractivity (Wildman–Crippen MR) is 208 cm³/mol. The largest absolute Gasteiger partial charge is 0.456 e. The van der Waals surface area contributed by atoms with Gasteiger partial charge in [0.2, 0.25) is 0 Å². The molecule has 9 aromatic carbocycles. The van der Waals surface area contributed by atoms with Crippen LogP contribution in [0.15, 0.2) is 186 Å². The summed E-state index contributed by atoms with van der Waals surface area (Å²) in [5.41, 5.74) is 4.50. The second-order valence-corrected chi connectivity index (χ2v) is 11.9. The van der Waals surface area contributed by atoms with Gasteiger partial charge in [-0.15, -0.1) is 0 Å². The van der Waals surface area contributed by atoms with Crippen molar-refractivity contribution in [1.82, 2.24) is 0 Å². The van der Waals surface area contributed by atoms with E-state index in [9.17, 15) is 5.48 Å². The zero-order valence-corrected chi connectivity index (χ0v) is 25.7. The molecule has 0 radical (unpaired) electrons. The van der Waals surface area contributed by atoms with Crippen molar-refractivity contribution in [2.75, 3.05) is 0 Å². The highest BCUT2D eigenvalue weighted by molar-refractivity contribution is 6.21. The molecule has 49 heavy (non-hydrogen) atoms. The van der Waals surface area contributed by atoms with Gasteiger partial charge in [0.1, 0.15) is 11.2 Å². The molecule has 0 saturated heterocycles. The third kappa shape index (κ3) is 4.55. The van der Waals surface area contributed by atoms with Gasteiger partial charge >= 0.3 is 0 Å². The number of hydrogen-bond donors (Lipinski definition) is 0. The van der Waals surface area contributed by atoms with Crippen LogP contribution in [0.5, 0.6) is 0 Å². The van der Waals surface area contributed by atoms with Crippen molar-refractivity contribution in [3.05, 3.63) is 182 Å². The first-order valence-electron chi connectivity index (χ1n) is 22.3. The first-order valence-corrected chi connectivity index (χ1v) is 15.8. The van der Waals surface area contributed by atoms with Crippen LogP contribution in [0.1, 0.15) is 17.8 Å². The first kappa shape index (κ1) is 17.6. The summed E-state index contributed by atoms with van der Waals surface area (Å²) < 4.78 is 121. The van der Waals surface area contributed by atoms with E-state index < -0.39 is 84.1 Å². The summed E-state index contributed by atoms with van der Waals surface area (Å²) in [6, 6.07) is 25.1. The number of fused-ring (bicyclic) bond motifs is 6. The first-order chi connectivity index (χ1) is 29.7. The van der Waals surface area contributed by atoms with Gasteiger partial charge < -0.3 is 4.42 Å². The minimum Gasteiger partial charge on any atom is -0.456 e. The minimum atomic E-state index is -0.715. The van der Waals surface area contributed by atoms with E-state index in [1.54, 1.807) is 18.2 Å². The Labute approximate surface area is 302 Å². The molecule has 10 aromatic rings. The molecule has 0 aliphatic heterocycles. The van der Waals surface area contributed by atoms with Crippen LogP contribution in [0.3, 0.4) is 0 Å². The molecule has 0 aliphatic rings. The maximum Gasteiger partial charge on any atom is 0.136 e. The van der Waals surface area contributed by atoms with E-state index in [1.807, 2.05) is 48.5 Å². The second kappa shape index (κ2) is 11.1. The van der Waals surface area contributed by atoms with Gasteiger partial charge in [-0.25, -0.2) is 0 Å². The lowest BCUT2D eigenvalue weighted by Crippen LogP contribution is -1.91. The van der Waals surface area contributed by atoms with Crippen LogP contribution in [-0.2, 0) is 0 Å². The van der Waals surface area contributed by atoms with Crippen molar-refractivity contribution in [2.45, 2.75) is 0 Å². The fourth-order valence-corrected chi connectivity index (χ4v) is 6.90. The zero-order valence-electron chi connectivity index (χ0n) is 38.7. The highest BCUT2D eigenvalue weighted by atomic mass is 16.3. The Morgan fingerprint density at radius 3 is 1.65 bits per heavy atom. The summed E-state index contributed by atoms with van der Waals surface area (Å²) in [7, 11) is 0. The Morgan fingerprint density at radius 1 is 0.327 bits per heavy atom. The SMILES string of the molecule is [2H]c1c([2H])c([2H])c(-c2c3c([2H])c([2H])c([2H])c([2H])c3c(-c3cccc(-c4ccc5c(c4)oc4ccc(-c6ccc7ccccc7c6)cc45)c3)c3c([2H])c([2H])c([2H])c([2H])c23)c([2H])c1[2H]. The van der Waals surface area contributed by atoms with Gasteiger partial charge in [0, 0.05) is 10.8 Å². The van der Waals surface area contributed by atoms with E-state index in [1.165, 1.54) is 0 Å². The van der Waals surface area contributed by atoms with Crippen molar-refractivity contribution in [3.8, 4) is 44.5 Å². The van der Waals surface area contributed by atoms with Gasteiger partial charge in [-0.2, -0.15) is 0 Å². The van der Waals surface area contributed by atoms with Gasteiger partial charge in [-0.1, -0.05) is 145 Å². The normalized spacial score (nSPS) is 15.4. The van der Waals surface area contributed by atoms with E-state index in [0.717, 1.165) is 38.2 Å². The molecule has 0 atom stereocenters. The molecule has 1 aromatic heterocycles. The quantitative estimate of drug-likeness (QED) is 0.175. The molecule has 1 heterocycles. The van der Waals surface area contributed by atoms with Crippen LogP contribution in [0.25, 0.3) is 98.8 Å². The molecule has 1 heteroatoms. The second-order valence-electron chi connectivity index (χ2n) is 11.9. The zero-order chi connectivity index (χ0) is 43.6. The molecule has 0 bridgehead atoms. The monoisotopic (exact) mass is 635 g/mol. The predicted octanol–water partition coefficient (Wildman–Crippen LogP) is 13.7. The van der Waals surface area contributed by atoms with Crippen molar-refractivity contribution >= 4 is 54.3 Å². The summed E-state index contributed by atoms with van der Waals surface area (Å²) in [6.45, 7) is 0. The highest BCUT2D eigenvalue weighted by Gasteiger charge is 2.17. The van der Waals surface area contributed by atoms with Crippen LogP contribution in [0, 0.1) is 0 Å². The van der Waals surface area contributed by atoms with Crippen molar-refractivity contribution in [1.29, 1.82) is 0 Å². The van der Waals surface area contributed by atoms with E-state index in [-0.39, 0.29) is 32.7 Å². The Bertz CT molecular complexity index is 3520. The van der Waals surface area contributed by atoms with Crippen molar-refractivity contribution in [2.24, 2.45) is 0 Å². The summed E-state index contributed by atoms with van der Waals surface area (Å²) in [4.78, 5) is 0. The maximum atomic E-state index is 9.27. The molecular weight excluding hydrogens is 593 g/mol. The fourth-order valence-electron chi connectivity index (χ4n) is 6.90. The van der Waals surface area contributed by atoms with Crippen LogP contribution in [0.2, 0.25) is 0 Å². The third-order valence-electron chi connectivity index (χ3n) is 9.16. The molecule has 228 valence electrons. The summed E-state index contributed by atoms with van der Waals surface area (Å²) >= 11 is 0. The molecule has 0 saturated carbocycles. The molecule has 0 fully saturated rings. The van der Waals surface area contributed by atoms with Gasteiger partial charge in [0.05, 0.1) is 17.8 Å². The maximum absolute atomic E-state index is 9.27. The Balaban J connectivity index is 1.23. The van der Waals surface area contributed by atoms with Crippen LogP contribution in [0.4, 0.5) is 0 Å². The van der Waals surface area contributed by atoms with Crippen LogP contribution < -0.4 is 0 Å². The topological polar surface area (TPSA) is 13.1 Å². The van der Waals surface area contributed by atoms with Crippen LogP contribution in [-0.4, -0.2) is 0 Å². The van der Waals surface area contributed by atoms with E-state index in [0.29, 0.717) is 22.3 Å². The van der Waals surface area contributed by atoms with Gasteiger partial charge in [0.15, 0.2) is 0 Å². The minimum absolute atomic E-state index is 0.0676. The van der Waals surface area contributed by atoms with Crippen molar-refractivity contribution < 1.29 is 22.2 Å². The van der Waals surface area contributed by atoms with Gasteiger partial charge in [0.25, 0.3) is 0 Å². The average Bonchev–Trinajstić information content (AvgIpc) is 3.66. The smallest absolute Gasteiger partial charge is 0.136 e. The lowest BCUT2D eigenvalue weighted by Gasteiger charge is -2.18. The van der Waals surface area contributed by atoms with Crippen molar-refractivity contribution in [3.63, 3.8) is 0 Å². The Kier molecular flexibility index (Phi) is 3.99. The van der Waals surface area contributed by atoms with Crippen LogP contribution >= 0.6 is 0 Å². The lowest BCUT2D eigenvalue weighted by atomic mass is 9.85. The van der Waals surface area contributed by atoms with E-state index in [4.69, 9.17) is 16.8 Å². The summed E-state index contributed by atoms with van der Waals surface area (Å²) in [5, 5.41) is 3.36. The fraction of sp³-hybridized carbons (Fsp3) is 0. The number of benzene rings is 9. The Morgan fingerprint density at radius 2 is 0.898 bits per heavy atom. The molecule has 0 unspecified atom stereocenters. The van der Waals surface area contributed by atoms with E-state index >= 15 is 0 Å². The van der Waals surface area contributed by atoms with E-state index in [2.05, 4.69) is 36.4 Å². The molecule has 10 rings (SSSR count). The standard InChI is InChI=1S/C48H30O/c1-2-12-32(13-3-1)47-40-17-6-8-19-42(40)48(43-20-9-7-18-41(43)47)38-16-10-15-34(28-38)37-23-25-39-44-29-36(24-26-45(44)49-46(39)30-37)35-22-21-31-11-4-5-14-33(31)27-35/h1-30H/i1D,2D,3D,6D,7D,8D,9D,12D,13D,17D,18D,19D,20D. The number of hydrogen-bond acceptors (Lipinski definition) is 1. The summed E-state index contributed by atoms with van der Waals surface area (Å²) in [6.07, 6.45) is 0. The average molecular weight is 636 g/mol. The third-order valence-corrected chi connectivity index (χ3v) is 9.16. The highest BCUT2D eigenvalue weighted by Crippen LogP contribution is 2.44. The lowest BCUT2D eigenvalue weighted by molar-refractivity contribution is 0.669. The molecule has 0 amide bonds. The van der Waals surface area contributed by atoms with Gasteiger partial charge in [-0.3, -0.25) is 0 Å². The molecule has 0 N–H and O–H groups in total. The summed E-state index contributed by atoms with van der Waals surface area (Å²) in [5.74, 6) is 0. The Hall–Kier alpha value is -6.44. The van der Waals surface area contributed by atoms with Gasteiger partial charge in [-0.05, 0) is 113 Å². The molecule has 0 spiro atoms.